The van der Waals surface area contributed by atoms with Gasteiger partial charge in [-0.15, -0.1) is 0 Å². The molecule has 0 spiro atoms. The number of rotatable bonds is 45. The quantitative estimate of drug-likeness (QED) is 0.0212. The van der Waals surface area contributed by atoms with Gasteiger partial charge in [-0.05, 0) is 38.5 Å². The van der Waals surface area contributed by atoms with E-state index in [0.29, 0.717) is 23.9 Å². The van der Waals surface area contributed by atoms with Crippen LogP contribution in [0.1, 0.15) is 232 Å². The zero-order valence-corrected chi connectivity index (χ0v) is 39.7. The lowest BCUT2D eigenvalue weighted by Gasteiger charge is -2.24. The summed E-state index contributed by atoms with van der Waals surface area (Å²) in [5.74, 6) is -0.787. The molecule has 0 saturated heterocycles. The maximum Gasteiger partial charge on any atom is 0.472 e. The van der Waals surface area contributed by atoms with Crippen LogP contribution in [0.2, 0.25) is 0 Å². The Morgan fingerprint density at radius 1 is 0.517 bits per heavy atom. The van der Waals surface area contributed by atoms with Crippen molar-refractivity contribution in [3.05, 3.63) is 12.2 Å². The molecule has 0 bridgehead atoms. The van der Waals surface area contributed by atoms with Crippen LogP contribution in [0.5, 0.6) is 0 Å². The molecule has 0 heterocycles. The fraction of sp³-hybridized carbons (Fsp3) is 0.917. The summed E-state index contributed by atoms with van der Waals surface area (Å²) in [5, 5.41) is 0. The SMILES string of the molecule is CCCCCCCC/C=C/CCCCCCCCCCCCCC(=O)OC[C@@H](COP(=O)(O)OCC[N+](C)(C)C)OC(=O)CCCCCCCCCCCCCCC. The number of carbonyl (C=O) groups excluding carboxylic acids is 2. The van der Waals surface area contributed by atoms with Crippen LogP contribution in [0, 0.1) is 0 Å². The fourth-order valence-corrected chi connectivity index (χ4v) is 7.69. The van der Waals surface area contributed by atoms with Crippen molar-refractivity contribution in [2.45, 2.75) is 238 Å². The summed E-state index contributed by atoms with van der Waals surface area (Å²) in [6.07, 6.45) is 44.0. The van der Waals surface area contributed by atoms with Gasteiger partial charge in [0.1, 0.15) is 19.8 Å². The lowest BCUT2D eigenvalue weighted by atomic mass is 10.0. The molecule has 0 aromatic rings. The van der Waals surface area contributed by atoms with E-state index in [2.05, 4.69) is 26.0 Å². The van der Waals surface area contributed by atoms with Gasteiger partial charge in [-0.25, -0.2) is 4.57 Å². The van der Waals surface area contributed by atoms with E-state index >= 15 is 0 Å². The maximum atomic E-state index is 12.7. The average Bonchev–Trinajstić information content (AvgIpc) is 3.17. The second-order valence-electron chi connectivity index (χ2n) is 17.9. The minimum absolute atomic E-state index is 0.0352. The number of unbranched alkanes of at least 4 members (excludes halogenated alkanes) is 29. The highest BCUT2D eigenvalue weighted by Crippen LogP contribution is 2.43. The number of phosphoric ester groups is 1. The highest BCUT2D eigenvalue weighted by Gasteiger charge is 2.27. The van der Waals surface area contributed by atoms with Gasteiger partial charge in [0.05, 0.1) is 27.7 Å². The topological polar surface area (TPSA) is 108 Å². The van der Waals surface area contributed by atoms with Gasteiger partial charge in [-0.3, -0.25) is 18.6 Å². The predicted octanol–water partition coefficient (Wildman–Crippen LogP) is 14.1. The van der Waals surface area contributed by atoms with Gasteiger partial charge in [0, 0.05) is 12.8 Å². The molecule has 2 atom stereocenters. The molecule has 10 heteroatoms. The Hall–Kier alpha value is -1.25. The van der Waals surface area contributed by atoms with E-state index in [1.165, 1.54) is 167 Å². The lowest BCUT2D eigenvalue weighted by molar-refractivity contribution is -0.870. The first-order valence-electron chi connectivity index (χ1n) is 24.4. The molecular weight excluding hydrogens is 750 g/mol. The van der Waals surface area contributed by atoms with Gasteiger partial charge in [-0.2, -0.15) is 0 Å². The van der Waals surface area contributed by atoms with Crippen molar-refractivity contribution in [3.8, 4) is 0 Å². The lowest BCUT2D eigenvalue weighted by Crippen LogP contribution is -2.37. The molecule has 0 aromatic carbocycles. The molecule has 58 heavy (non-hydrogen) atoms. The van der Waals surface area contributed by atoms with E-state index in [9.17, 15) is 19.0 Å². The largest absolute Gasteiger partial charge is 0.472 e. The number of allylic oxidation sites excluding steroid dienone is 2. The third-order valence-corrected chi connectivity index (χ3v) is 11.8. The van der Waals surface area contributed by atoms with Gasteiger partial charge in [0.15, 0.2) is 6.10 Å². The van der Waals surface area contributed by atoms with Gasteiger partial charge >= 0.3 is 19.8 Å². The monoisotopic (exact) mass is 845 g/mol. The van der Waals surface area contributed by atoms with Gasteiger partial charge in [0.25, 0.3) is 0 Å². The Bertz CT molecular complexity index is 1000. The highest BCUT2D eigenvalue weighted by atomic mass is 31.2. The number of esters is 2. The van der Waals surface area contributed by atoms with Crippen molar-refractivity contribution in [3.63, 3.8) is 0 Å². The molecule has 0 amide bonds. The zero-order valence-electron chi connectivity index (χ0n) is 38.8. The third kappa shape index (κ3) is 44.3. The molecular formula is C48H95NO8P+. The number of hydrogen-bond donors (Lipinski definition) is 1. The Morgan fingerprint density at radius 2 is 0.879 bits per heavy atom. The third-order valence-electron chi connectivity index (χ3n) is 10.8. The fourth-order valence-electron chi connectivity index (χ4n) is 6.95. The van der Waals surface area contributed by atoms with Crippen molar-refractivity contribution in [1.82, 2.24) is 0 Å². The van der Waals surface area contributed by atoms with Crippen LogP contribution in [0.15, 0.2) is 12.2 Å². The number of ether oxygens (including phenoxy) is 2. The summed E-state index contributed by atoms with van der Waals surface area (Å²) in [6, 6.07) is 0. The number of carbonyl (C=O) groups is 2. The van der Waals surface area contributed by atoms with Crippen LogP contribution < -0.4 is 0 Å². The summed E-state index contributed by atoms with van der Waals surface area (Å²) in [7, 11) is 1.49. The van der Waals surface area contributed by atoms with Gasteiger partial charge in [-0.1, -0.05) is 193 Å². The Labute approximate surface area is 358 Å². The van der Waals surface area contributed by atoms with E-state index < -0.39 is 26.5 Å². The standard InChI is InChI=1S/C48H94NO8P/c1-6-8-10-12-14-16-18-20-21-22-23-24-25-26-27-29-30-32-34-36-38-40-47(50)54-44-46(45-56-58(52,53)55-43-42-49(3,4)5)57-48(51)41-39-37-35-33-31-28-19-17-15-13-11-9-7-2/h20-21,46H,6-19,22-45H2,1-5H3/p+1/b21-20+/t46-/m0/s1. The van der Waals surface area contributed by atoms with Gasteiger partial charge < -0.3 is 18.9 Å². The zero-order chi connectivity index (χ0) is 42.8. The smallest absolute Gasteiger partial charge is 0.462 e. The Kier molecular flexibility index (Phi) is 40.2. The highest BCUT2D eigenvalue weighted by molar-refractivity contribution is 7.47. The van der Waals surface area contributed by atoms with Crippen LogP contribution >= 0.6 is 7.82 Å². The molecule has 0 aliphatic carbocycles. The first-order valence-corrected chi connectivity index (χ1v) is 25.9. The molecule has 0 aromatic heterocycles. The molecule has 344 valence electrons. The van der Waals surface area contributed by atoms with E-state index in [4.69, 9.17) is 18.5 Å². The maximum absolute atomic E-state index is 12.7. The van der Waals surface area contributed by atoms with Crippen molar-refractivity contribution < 1.29 is 42.1 Å². The van der Waals surface area contributed by atoms with E-state index in [1.54, 1.807) is 0 Å². The molecule has 1 unspecified atom stereocenters. The summed E-state index contributed by atoms with van der Waals surface area (Å²) in [5.41, 5.74) is 0. The number of hydrogen-bond acceptors (Lipinski definition) is 7. The Balaban J connectivity index is 4.20. The molecule has 0 fully saturated rings. The Morgan fingerprint density at radius 3 is 1.28 bits per heavy atom. The van der Waals surface area contributed by atoms with Crippen molar-refractivity contribution >= 4 is 19.8 Å². The van der Waals surface area contributed by atoms with E-state index in [0.717, 1.165) is 32.1 Å². The van der Waals surface area contributed by atoms with Crippen LogP contribution in [-0.4, -0.2) is 74.9 Å². The molecule has 0 radical (unpaired) electrons. The average molecular weight is 845 g/mol. The van der Waals surface area contributed by atoms with Gasteiger partial charge in [0.2, 0.25) is 0 Å². The van der Waals surface area contributed by atoms with Crippen molar-refractivity contribution in [2.24, 2.45) is 0 Å². The van der Waals surface area contributed by atoms with Crippen LogP contribution in [-0.2, 0) is 32.7 Å². The molecule has 9 nitrogen and oxygen atoms in total. The van der Waals surface area contributed by atoms with Crippen LogP contribution in [0.25, 0.3) is 0 Å². The number of nitrogens with zero attached hydrogens (tertiary/aromatic N) is 1. The predicted molar refractivity (Wildman–Crippen MR) is 243 cm³/mol. The first-order chi connectivity index (χ1) is 28.0. The molecule has 0 rings (SSSR count). The summed E-state index contributed by atoms with van der Waals surface area (Å²) in [4.78, 5) is 35.4. The first kappa shape index (κ1) is 56.8. The summed E-state index contributed by atoms with van der Waals surface area (Å²) < 4.78 is 34.4. The number of likely N-dealkylation sites (N-methyl/N-ethyl adjacent to an activating group) is 1. The second-order valence-corrected chi connectivity index (χ2v) is 19.3. The number of phosphoric acid groups is 1. The molecule has 1 N–H and O–H groups in total. The second kappa shape index (κ2) is 41.1. The van der Waals surface area contributed by atoms with E-state index in [-0.39, 0.29) is 25.6 Å². The van der Waals surface area contributed by atoms with Crippen molar-refractivity contribution in [1.29, 1.82) is 0 Å². The summed E-state index contributed by atoms with van der Waals surface area (Å²) >= 11 is 0. The minimum atomic E-state index is -4.37. The minimum Gasteiger partial charge on any atom is -0.462 e. The molecule has 0 aliphatic rings. The van der Waals surface area contributed by atoms with E-state index in [1.807, 2.05) is 21.1 Å². The summed E-state index contributed by atoms with van der Waals surface area (Å²) in [6.45, 7) is 4.45. The van der Waals surface area contributed by atoms with Crippen molar-refractivity contribution in [2.75, 3.05) is 47.5 Å². The number of quaternary nitrogens is 1. The normalized spacial score (nSPS) is 13.6. The molecule has 0 saturated carbocycles. The molecule has 0 aliphatic heterocycles. The van der Waals surface area contributed by atoms with Crippen LogP contribution in [0.4, 0.5) is 0 Å². The van der Waals surface area contributed by atoms with Crippen LogP contribution in [0.3, 0.4) is 0 Å².